The molecule has 25 heavy (non-hydrogen) atoms. The molecule has 2 heterocycles. The van der Waals surface area contributed by atoms with Gasteiger partial charge < -0.3 is 15.2 Å². The van der Waals surface area contributed by atoms with E-state index in [-0.39, 0.29) is 17.8 Å². The minimum atomic E-state index is -0.507. The molecule has 1 saturated heterocycles. The summed E-state index contributed by atoms with van der Waals surface area (Å²) in [5.74, 6) is 0.0840. The molecule has 3 rings (SSSR count). The molecule has 2 N–H and O–H groups in total. The molecular weight excluding hydrogens is 320 g/mol. The van der Waals surface area contributed by atoms with E-state index in [0.717, 1.165) is 6.54 Å². The summed E-state index contributed by atoms with van der Waals surface area (Å²) in [6, 6.07) is 13.7. The summed E-state index contributed by atoms with van der Waals surface area (Å²) >= 11 is 0. The summed E-state index contributed by atoms with van der Waals surface area (Å²) in [5, 5.41) is 21.1. The van der Waals surface area contributed by atoms with Crippen molar-refractivity contribution in [3.05, 3.63) is 53.7 Å². The van der Waals surface area contributed by atoms with Gasteiger partial charge in [-0.3, -0.25) is 4.90 Å². The highest BCUT2D eigenvalue weighted by Crippen LogP contribution is 2.21. The van der Waals surface area contributed by atoms with Crippen LogP contribution in [0.4, 0.5) is 5.82 Å². The lowest BCUT2D eigenvalue weighted by Gasteiger charge is -2.24. The molecule has 0 aliphatic carbocycles. The average molecular weight is 342 g/mol. The molecule has 1 aromatic heterocycles. The van der Waals surface area contributed by atoms with Crippen molar-refractivity contribution in [1.29, 1.82) is 0 Å². The van der Waals surface area contributed by atoms with E-state index in [1.54, 1.807) is 12.1 Å². The predicted molar refractivity (Wildman–Crippen MR) is 93.1 cm³/mol. The normalized spacial score (nSPS) is 20.4. The van der Waals surface area contributed by atoms with Crippen molar-refractivity contribution in [2.45, 2.75) is 25.1 Å². The molecule has 0 unspecified atom stereocenters. The van der Waals surface area contributed by atoms with Crippen LogP contribution in [0.5, 0.6) is 0 Å². The number of esters is 1. The topological polar surface area (TPSA) is 87.6 Å². The number of methoxy groups -OCH3 is 1. The predicted octanol–water partition coefficient (Wildman–Crippen LogP) is 1.31. The number of carbonyl (C=O) groups is 1. The van der Waals surface area contributed by atoms with Crippen LogP contribution in [0.2, 0.25) is 0 Å². The second kappa shape index (κ2) is 8.04. The number of aliphatic hydroxyl groups excluding tert-OH is 1. The molecule has 0 radical (unpaired) electrons. The van der Waals surface area contributed by atoms with E-state index in [1.165, 1.54) is 12.7 Å². The van der Waals surface area contributed by atoms with Crippen molar-refractivity contribution in [3.63, 3.8) is 0 Å². The van der Waals surface area contributed by atoms with Crippen LogP contribution in [0, 0.1) is 0 Å². The van der Waals surface area contributed by atoms with Gasteiger partial charge >= 0.3 is 5.97 Å². The number of anilines is 1. The van der Waals surface area contributed by atoms with Gasteiger partial charge in [-0.2, -0.15) is 0 Å². The van der Waals surface area contributed by atoms with E-state index in [2.05, 4.69) is 37.3 Å². The van der Waals surface area contributed by atoms with Gasteiger partial charge in [0.1, 0.15) is 5.82 Å². The minimum Gasteiger partial charge on any atom is -0.464 e. The summed E-state index contributed by atoms with van der Waals surface area (Å²) in [6.07, 6.45) is 0.399. The molecule has 132 valence electrons. The first kappa shape index (κ1) is 17.3. The molecule has 0 saturated carbocycles. The van der Waals surface area contributed by atoms with E-state index in [4.69, 9.17) is 0 Å². The number of ether oxygens (including phenoxy) is 1. The first-order valence-electron chi connectivity index (χ1n) is 8.27. The van der Waals surface area contributed by atoms with E-state index in [0.29, 0.717) is 25.3 Å². The highest BCUT2D eigenvalue weighted by molar-refractivity contribution is 5.86. The number of nitrogens with one attached hydrogen (secondary N) is 1. The van der Waals surface area contributed by atoms with Crippen molar-refractivity contribution >= 4 is 11.8 Å². The number of benzene rings is 1. The third kappa shape index (κ3) is 4.52. The molecule has 7 nitrogen and oxygen atoms in total. The molecule has 2 aromatic rings. The van der Waals surface area contributed by atoms with Crippen molar-refractivity contribution in [3.8, 4) is 0 Å². The summed E-state index contributed by atoms with van der Waals surface area (Å²) in [6.45, 7) is 2.11. The maximum Gasteiger partial charge on any atom is 0.358 e. The van der Waals surface area contributed by atoms with Gasteiger partial charge in [-0.1, -0.05) is 30.3 Å². The van der Waals surface area contributed by atoms with Crippen LogP contribution < -0.4 is 5.32 Å². The van der Waals surface area contributed by atoms with Gasteiger partial charge in [0.25, 0.3) is 0 Å². The Labute approximate surface area is 146 Å². The zero-order valence-corrected chi connectivity index (χ0v) is 14.1. The number of carbonyl (C=O) groups excluding carboxylic acids is 1. The van der Waals surface area contributed by atoms with Crippen molar-refractivity contribution in [2.75, 3.05) is 25.5 Å². The SMILES string of the molecule is COC(=O)c1ccc(NC[C@@H]2C[C@H](O)CN2Cc2ccccc2)nn1. The number of hydrogen-bond donors (Lipinski definition) is 2. The molecule has 1 aliphatic heterocycles. The van der Waals surface area contributed by atoms with Gasteiger partial charge in [-0.05, 0) is 24.1 Å². The van der Waals surface area contributed by atoms with Crippen LogP contribution in [-0.2, 0) is 11.3 Å². The maximum absolute atomic E-state index is 11.4. The third-order valence-electron chi connectivity index (χ3n) is 4.31. The Kier molecular flexibility index (Phi) is 5.57. The first-order valence-corrected chi connectivity index (χ1v) is 8.27. The average Bonchev–Trinajstić information content (AvgIpc) is 3.00. The smallest absolute Gasteiger partial charge is 0.358 e. The lowest BCUT2D eigenvalue weighted by Crippen LogP contribution is -2.34. The Bertz CT molecular complexity index is 693. The number of β-amino-alcohol motifs (C(OH)–C–C–N with tert-alkyl or cyclic N) is 1. The van der Waals surface area contributed by atoms with E-state index in [1.807, 2.05) is 18.2 Å². The summed E-state index contributed by atoms with van der Waals surface area (Å²) in [7, 11) is 1.31. The number of likely N-dealkylation sites (tertiary alicyclic amines) is 1. The Hall–Kier alpha value is -2.51. The zero-order chi connectivity index (χ0) is 17.6. The number of hydrogen-bond acceptors (Lipinski definition) is 7. The van der Waals surface area contributed by atoms with Crippen LogP contribution >= 0.6 is 0 Å². The summed E-state index contributed by atoms with van der Waals surface area (Å²) in [4.78, 5) is 13.6. The fourth-order valence-corrected chi connectivity index (χ4v) is 3.04. The Morgan fingerprint density at radius 2 is 2.08 bits per heavy atom. The number of aliphatic hydroxyl groups is 1. The van der Waals surface area contributed by atoms with Gasteiger partial charge in [0.05, 0.1) is 13.2 Å². The fourth-order valence-electron chi connectivity index (χ4n) is 3.04. The minimum absolute atomic E-state index is 0.176. The quantitative estimate of drug-likeness (QED) is 0.765. The van der Waals surface area contributed by atoms with Crippen LogP contribution in [0.15, 0.2) is 42.5 Å². The highest BCUT2D eigenvalue weighted by Gasteiger charge is 2.30. The molecule has 0 bridgehead atoms. The second-order valence-corrected chi connectivity index (χ2v) is 6.13. The van der Waals surface area contributed by atoms with Crippen LogP contribution in [0.3, 0.4) is 0 Å². The molecule has 1 fully saturated rings. The van der Waals surface area contributed by atoms with Gasteiger partial charge in [0.2, 0.25) is 0 Å². The van der Waals surface area contributed by atoms with Gasteiger partial charge in [-0.15, -0.1) is 10.2 Å². The molecule has 0 amide bonds. The lowest BCUT2D eigenvalue weighted by atomic mass is 10.1. The Balaban J connectivity index is 1.58. The molecule has 0 spiro atoms. The van der Waals surface area contributed by atoms with Gasteiger partial charge in [-0.25, -0.2) is 4.79 Å². The number of rotatable bonds is 6. The third-order valence-corrected chi connectivity index (χ3v) is 4.31. The molecule has 1 aromatic carbocycles. The van der Waals surface area contributed by atoms with E-state index < -0.39 is 5.97 Å². The second-order valence-electron chi connectivity index (χ2n) is 6.13. The van der Waals surface area contributed by atoms with Gasteiger partial charge in [0, 0.05) is 25.7 Å². The summed E-state index contributed by atoms with van der Waals surface area (Å²) < 4.78 is 4.60. The maximum atomic E-state index is 11.4. The Morgan fingerprint density at radius 3 is 2.76 bits per heavy atom. The number of nitrogens with zero attached hydrogens (tertiary/aromatic N) is 3. The van der Waals surface area contributed by atoms with Gasteiger partial charge in [0.15, 0.2) is 5.69 Å². The van der Waals surface area contributed by atoms with Crippen LogP contribution in [0.25, 0.3) is 0 Å². The van der Waals surface area contributed by atoms with Crippen LogP contribution in [-0.4, -0.2) is 58.5 Å². The highest BCUT2D eigenvalue weighted by atomic mass is 16.5. The molecular formula is C18H22N4O3. The van der Waals surface area contributed by atoms with E-state index >= 15 is 0 Å². The van der Waals surface area contributed by atoms with Crippen molar-refractivity contribution < 1.29 is 14.6 Å². The fraction of sp³-hybridized carbons (Fsp3) is 0.389. The molecule has 2 atom stereocenters. The van der Waals surface area contributed by atoms with Crippen molar-refractivity contribution in [1.82, 2.24) is 15.1 Å². The summed E-state index contributed by atoms with van der Waals surface area (Å²) in [5.41, 5.74) is 1.40. The molecule has 1 aliphatic rings. The first-order chi connectivity index (χ1) is 12.2. The monoisotopic (exact) mass is 342 g/mol. The van der Waals surface area contributed by atoms with Crippen LogP contribution in [0.1, 0.15) is 22.5 Å². The largest absolute Gasteiger partial charge is 0.464 e. The molecule has 7 heteroatoms. The van der Waals surface area contributed by atoms with E-state index in [9.17, 15) is 9.90 Å². The standard InChI is InChI=1S/C18H22N4O3/c1-25-18(24)16-7-8-17(21-20-16)19-10-14-9-15(23)12-22(14)11-13-5-3-2-4-6-13/h2-8,14-15,23H,9-12H2,1H3,(H,19,21)/t14-,15-/m0/s1. The van der Waals surface area contributed by atoms with Crippen molar-refractivity contribution in [2.24, 2.45) is 0 Å². The Morgan fingerprint density at radius 1 is 1.28 bits per heavy atom. The number of aromatic nitrogens is 2. The lowest BCUT2D eigenvalue weighted by molar-refractivity contribution is 0.0592. The zero-order valence-electron chi connectivity index (χ0n) is 14.1.